The van der Waals surface area contributed by atoms with E-state index in [0.717, 1.165) is 0 Å². The van der Waals surface area contributed by atoms with Crippen LogP contribution in [0, 0.1) is 0 Å². The van der Waals surface area contributed by atoms with Gasteiger partial charge in [-0.25, -0.2) is 13.2 Å². The summed E-state index contributed by atoms with van der Waals surface area (Å²) in [4.78, 5) is 13.9. The molecule has 1 unspecified atom stereocenters. The molecule has 1 atom stereocenters. The molecule has 1 fully saturated rings. The third-order valence-corrected chi connectivity index (χ3v) is 5.88. The van der Waals surface area contributed by atoms with Crippen LogP contribution in [-0.2, 0) is 17.1 Å². The number of amides is 2. The molecule has 2 amide bonds. The first kappa shape index (κ1) is 17.3. The van der Waals surface area contributed by atoms with Crippen molar-refractivity contribution in [3.63, 3.8) is 0 Å². The van der Waals surface area contributed by atoms with Crippen LogP contribution in [0.3, 0.4) is 0 Å². The molecule has 134 valence electrons. The number of likely N-dealkylation sites (tertiary alicyclic amines) is 1. The van der Waals surface area contributed by atoms with Gasteiger partial charge in [0.1, 0.15) is 0 Å². The van der Waals surface area contributed by atoms with E-state index in [-0.39, 0.29) is 12.6 Å². The monoisotopic (exact) mass is 363 g/mol. The minimum atomic E-state index is -3.56. The molecule has 0 radical (unpaired) electrons. The minimum Gasteiger partial charge on any atom is -0.323 e. The molecule has 0 aliphatic carbocycles. The highest BCUT2D eigenvalue weighted by molar-refractivity contribution is 7.93. The van der Waals surface area contributed by atoms with Crippen molar-refractivity contribution in [1.29, 1.82) is 0 Å². The molecular weight excluding hydrogens is 342 g/mol. The van der Waals surface area contributed by atoms with Crippen molar-refractivity contribution in [3.05, 3.63) is 42.7 Å². The lowest BCUT2D eigenvalue weighted by Crippen LogP contribution is -2.48. The van der Waals surface area contributed by atoms with Crippen LogP contribution in [-0.4, -0.2) is 47.5 Å². The number of benzene rings is 1. The zero-order valence-electron chi connectivity index (χ0n) is 13.9. The van der Waals surface area contributed by atoms with Gasteiger partial charge in [-0.05, 0) is 25.0 Å². The lowest BCUT2D eigenvalue weighted by Gasteiger charge is -2.32. The maximum absolute atomic E-state index is 12.6. The Morgan fingerprint density at radius 2 is 2.00 bits per heavy atom. The van der Waals surface area contributed by atoms with Crippen LogP contribution in [0.4, 0.5) is 16.2 Å². The average molecular weight is 363 g/mol. The fraction of sp³-hybridized carbons (Fsp3) is 0.375. The van der Waals surface area contributed by atoms with Gasteiger partial charge in [0.15, 0.2) is 0 Å². The molecule has 3 rings (SSSR count). The van der Waals surface area contributed by atoms with E-state index in [2.05, 4.69) is 15.1 Å². The number of para-hydroxylation sites is 1. The maximum Gasteiger partial charge on any atom is 0.321 e. The number of aromatic nitrogens is 2. The Morgan fingerprint density at radius 3 is 2.68 bits per heavy atom. The first-order chi connectivity index (χ1) is 11.9. The van der Waals surface area contributed by atoms with Crippen molar-refractivity contribution in [2.24, 2.45) is 7.05 Å². The molecule has 1 aliphatic rings. The highest BCUT2D eigenvalue weighted by Crippen LogP contribution is 2.20. The van der Waals surface area contributed by atoms with Crippen molar-refractivity contribution in [1.82, 2.24) is 14.7 Å². The first-order valence-electron chi connectivity index (χ1n) is 8.05. The zero-order valence-corrected chi connectivity index (χ0v) is 14.7. The Hall–Kier alpha value is -2.55. The minimum absolute atomic E-state index is 0.161. The van der Waals surface area contributed by atoms with E-state index in [0.29, 0.717) is 30.8 Å². The van der Waals surface area contributed by atoms with E-state index in [1.165, 1.54) is 4.90 Å². The van der Waals surface area contributed by atoms with Crippen molar-refractivity contribution in [2.45, 2.75) is 18.1 Å². The fourth-order valence-electron chi connectivity index (χ4n) is 2.82. The van der Waals surface area contributed by atoms with Crippen LogP contribution in [0.2, 0.25) is 0 Å². The number of urea groups is 1. The van der Waals surface area contributed by atoms with Gasteiger partial charge in [0.25, 0.3) is 0 Å². The number of hydrogen-bond donors (Lipinski definition) is 2. The first-order valence-corrected chi connectivity index (χ1v) is 9.60. The number of piperidine rings is 1. The largest absolute Gasteiger partial charge is 0.323 e. The van der Waals surface area contributed by atoms with E-state index in [1.807, 2.05) is 6.07 Å². The number of nitrogens with zero attached hydrogens (tertiary/aromatic N) is 3. The topological polar surface area (TPSA) is 96.3 Å². The Morgan fingerprint density at radius 1 is 1.24 bits per heavy atom. The SMILES string of the molecule is Cn1cc(NC(=O)N2CCCC(S(=O)(=O)Nc3ccccc3)C2)cn1. The zero-order chi connectivity index (χ0) is 17.9. The second kappa shape index (κ2) is 7.14. The Balaban J connectivity index is 1.64. The average Bonchev–Trinajstić information content (AvgIpc) is 3.00. The molecule has 1 saturated heterocycles. The van der Waals surface area contributed by atoms with Crippen LogP contribution >= 0.6 is 0 Å². The maximum atomic E-state index is 12.6. The normalized spacial score (nSPS) is 18.0. The van der Waals surface area contributed by atoms with Crippen molar-refractivity contribution >= 4 is 27.4 Å². The number of nitrogens with one attached hydrogen (secondary N) is 2. The van der Waals surface area contributed by atoms with E-state index < -0.39 is 15.3 Å². The van der Waals surface area contributed by atoms with E-state index >= 15 is 0 Å². The predicted octanol–water partition coefficient (Wildman–Crippen LogP) is 1.86. The summed E-state index contributed by atoms with van der Waals surface area (Å²) < 4.78 is 29.4. The predicted molar refractivity (Wildman–Crippen MR) is 95.8 cm³/mol. The highest BCUT2D eigenvalue weighted by Gasteiger charge is 2.32. The van der Waals surface area contributed by atoms with Gasteiger partial charge in [0, 0.05) is 32.0 Å². The van der Waals surface area contributed by atoms with Crippen LogP contribution in [0.25, 0.3) is 0 Å². The third kappa shape index (κ3) is 4.30. The summed E-state index contributed by atoms with van der Waals surface area (Å²) in [6.07, 6.45) is 4.40. The van der Waals surface area contributed by atoms with Gasteiger partial charge >= 0.3 is 6.03 Å². The lowest BCUT2D eigenvalue weighted by molar-refractivity contribution is 0.200. The molecular formula is C16H21N5O3S. The summed E-state index contributed by atoms with van der Waals surface area (Å²) in [5.41, 5.74) is 1.11. The van der Waals surface area contributed by atoms with Gasteiger partial charge < -0.3 is 10.2 Å². The highest BCUT2D eigenvalue weighted by atomic mass is 32.2. The summed E-state index contributed by atoms with van der Waals surface area (Å²) >= 11 is 0. The summed E-state index contributed by atoms with van der Waals surface area (Å²) in [6.45, 7) is 0.692. The number of aryl methyl sites for hydroxylation is 1. The summed E-state index contributed by atoms with van der Waals surface area (Å²) in [7, 11) is -1.80. The second-order valence-electron chi connectivity index (χ2n) is 6.06. The molecule has 2 heterocycles. The number of anilines is 2. The summed E-state index contributed by atoms with van der Waals surface area (Å²) in [6, 6.07) is 8.45. The number of sulfonamides is 1. The lowest BCUT2D eigenvalue weighted by atomic mass is 10.1. The molecule has 8 nitrogen and oxygen atoms in total. The molecule has 1 aromatic carbocycles. The van der Waals surface area contributed by atoms with Crippen LogP contribution in [0.15, 0.2) is 42.7 Å². The molecule has 9 heteroatoms. The van der Waals surface area contributed by atoms with Gasteiger partial charge in [0.05, 0.1) is 17.1 Å². The van der Waals surface area contributed by atoms with Crippen LogP contribution in [0.5, 0.6) is 0 Å². The van der Waals surface area contributed by atoms with E-state index in [9.17, 15) is 13.2 Å². The van der Waals surface area contributed by atoms with Crippen molar-refractivity contribution < 1.29 is 13.2 Å². The van der Waals surface area contributed by atoms with Crippen LogP contribution in [0.1, 0.15) is 12.8 Å². The van der Waals surface area contributed by atoms with E-state index in [4.69, 9.17) is 0 Å². The molecule has 1 aliphatic heterocycles. The number of carbonyl (C=O) groups excluding carboxylic acids is 1. The standard InChI is InChI=1S/C16H21N5O3S/c1-20-11-14(10-17-20)18-16(22)21-9-5-8-15(12-21)25(23,24)19-13-6-3-2-4-7-13/h2-4,6-7,10-11,15,19H,5,8-9,12H2,1H3,(H,18,22). The van der Waals surface area contributed by atoms with Crippen molar-refractivity contribution in [3.8, 4) is 0 Å². The van der Waals surface area contributed by atoms with Gasteiger partial charge in [-0.3, -0.25) is 9.40 Å². The van der Waals surface area contributed by atoms with Crippen LogP contribution < -0.4 is 10.0 Å². The molecule has 0 spiro atoms. The second-order valence-corrected chi connectivity index (χ2v) is 8.02. The number of carbonyl (C=O) groups is 1. The van der Waals surface area contributed by atoms with Gasteiger partial charge in [-0.15, -0.1) is 0 Å². The Bertz CT molecular complexity index is 834. The third-order valence-electron chi connectivity index (χ3n) is 4.09. The van der Waals surface area contributed by atoms with Gasteiger partial charge in [-0.1, -0.05) is 18.2 Å². The Kier molecular flexibility index (Phi) is 4.93. The smallest absolute Gasteiger partial charge is 0.321 e. The summed E-state index contributed by atoms with van der Waals surface area (Å²) in [5.74, 6) is 0. The van der Waals surface area contributed by atoms with E-state index in [1.54, 1.807) is 48.4 Å². The van der Waals surface area contributed by atoms with Crippen molar-refractivity contribution in [2.75, 3.05) is 23.1 Å². The summed E-state index contributed by atoms with van der Waals surface area (Å²) in [5, 5.41) is 6.10. The van der Waals surface area contributed by atoms with Gasteiger partial charge in [-0.2, -0.15) is 5.10 Å². The molecule has 1 aromatic heterocycles. The molecule has 0 saturated carbocycles. The molecule has 25 heavy (non-hydrogen) atoms. The Labute approximate surface area is 146 Å². The molecule has 2 N–H and O–H groups in total. The number of rotatable bonds is 4. The number of hydrogen-bond acceptors (Lipinski definition) is 4. The van der Waals surface area contributed by atoms with Gasteiger partial charge in [0.2, 0.25) is 10.0 Å². The molecule has 2 aromatic rings. The molecule has 0 bridgehead atoms. The fourth-order valence-corrected chi connectivity index (χ4v) is 4.30. The quantitative estimate of drug-likeness (QED) is 0.866.